The van der Waals surface area contributed by atoms with E-state index in [1.54, 1.807) is 17.2 Å². The van der Waals surface area contributed by atoms with Gasteiger partial charge in [-0.2, -0.15) is 0 Å². The van der Waals surface area contributed by atoms with Crippen molar-refractivity contribution in [3.8, 4) is 0 Å². The van der Waals surface area contributed by atoms with Gasteiger partial charge >= 0.3 is 6.09 Å². The highest BCUT2D eigenvalue weighted by Crippen LogP contribution is 2.15. The summed E-state index contributed by atoms with van der Waals surface area (Å²) in [6.07, 6.45) is 2.18. The molecule has 3 rings (SSSR count). The maximum Gasteiger partial charge on any atom is 0.409 e. The van der Waals surface area contributed by atoms with Gasteiger partial charge in [-0.1, -0.05) is 18.2 Å². The van der Waals surface area contributed by atoms with Crippen molar-refractivity contribution in [2.24, 2.45) is 0 Å². The van der Waals surface area contributed by atoms with E-state index in [1.165, 1.54) is 0 Å². The van der Waals surface area contributed by atoms with Gasteiger partial charge in [-0.15, -0.1) is 0 Å². The fourth-order valence-corrected chi connectivity index (χ4v) is 2.49. The quantitative estimate of drug-likeness (QED) is 0.934. The SMILES string of the molecule is O=C(NCCN1CCCOC1=O)c1cccc2cccnc12. The summed E-state index contributed by atoms with van der Waals surface area (Å²) in [5.41, 5.74) is 1.22. The van der Waals surface area contributed by atoms with Crippen LogP contribution in [0.1, 0.15) is 16.8 Å². The summed E-state index contributed by atoms with van der Waals surface area (Å²) in [4.78, 5) is 29.7. The number of ether oxygens (including phenoxy) is 1. The van der Waals surface area contributed by atoms with Crippen molar-refractivity contribution in [1.82, 2.24) is 15.2 Å². The van der Waals surface area contributed by atoms with Crippen LogP contribution in [0.2, 0.25) is 0 Å². The number of aromatic nitrogens is 1. The van der Waals surface area contributed by atoms with Crippen LogP contribution in [0.3, 0.4) is 0 Å². The molecule has 0 saturated carbocycles. The van der Waals surface area contributed by atoms with Crippen molar-refractivity contribution >= 4 is 22.9 Å². The third-order valence-electron chi connectivity index (χ3n) is 3.60. The average molecular weight is 299 g/mol. The van der Waals surface area contributed by atoms with Gasteiger partial charge in [0, 0.05) is 31.2 Å². The lowest BCUT2D eigenvalue weighted by atomic mass is 10.1. The van der Waals surface area contributed by atoms with E-state index in [-0.39, 0.29) is 12.0 Å². The van der Waals surface area contributed by atoms with E-state index in [4.69, 9.17) is 4.74 Å². The maximum absolute atomic E-state index is 12.3. The Kier molecular flexibility index (Phi) is 4.18. The number of fused-ring (bicyclic) bond motifs is 1. The number of nitrogens with one attached hydrogen (secondary N) is 1. The van der Waals surface area contributed by atoms with Crippen LogP contribution in [-0.2, 0) is 4.74 Å². The fraction of sp³-hybridized carbons (Fsp3) is 0.312. The Morgan fingerprint density at radius 2 is 2.18 bits per heavy atom. The Morgan fingerprint density at radius 3 is 3.05 bits per heavy atom. The molecule has 1 N–H and O–H groups in total. The van der Waals surface area contributed by atoms with Crippen molar-refractivity contribution in [3.63, 3.8) is 0 Å². The van der Waals surface area contributed by atoms with Crippen LogP contribution in [0.15, 0.2) is 36.5 Å². The van der Waals surface area contributed by atoms with Crippen LogP contribution in [0, 0.1) is 0 Å². The zero-order valence-corrected chi connectivity index (χ0v) is 12.1. The van der Waals surface area contributed by atoms with E-state index >= 15 is 0 Å². The van der Waals surface area contributed by atoms with Crippen LogP contribution >= 0.6 is 0 Å². The second-order valence-electron chi connectivity index (χ2n) is 5.09. The second kappa shape index (κ2) is 6.43. The summed E-state index contributed by atoms with van der Waals surface area (Å²) in [6, 6.07) is 9.26. The van der Waals surface area contributed by atoms with Crippen LogP contribution in [-0.4, -0.2) is 48.1 Å². The number of carbonyl (C=O) groups is 2. The molecule has 6 nitrogen and oxygen atoms in total. The molecule has 2 aromatic rings. The summed E-state index contributed by atoms with van der Waals surface area (Å²) in [5.74, 6) is -0.185. The van der Waals surface area contributed by atoms with Crippen molar-refractivity contribution in [3.05, 3.63) is 42.1 Å². The number of nitrogens with zero attached hydrogens (tertiary/aromatic N) is 2. The second-order valence-corrected chi connectivity index (χ2v) is 5.09. The number of carbonyl (C=O) groups excluding carboxylic acids is 2. The van der Waals surface area contributed by atoms with Gasteiger partial charge in [-0.3, -0.25) is 9.78 Å². The molecule has 1 aromatic carbocycles. The lowest BCUT2D eigenvalue weighted by Gasteiger charge is -2.26. The largest absolute Gasteiger partial charge is 0.449 e. The third kappa shape index (κ3) is 3.00. The molecule has 1 aromatic heterocycles. The lowest BCUT2D eigenvalue weighted by molar-refractivity contribution is 0.0719. The Balaban J connectivity index is 1.63. The predicted octanol–water partition coefficient (Wildman–Crippen LogP) is 1.81. The van der Waals surface area contributed by atoms with Gasteiger partial charge in [0.1, 0.15) is 0 Å². The van der Waals surface area contributed by atoms with Gasteiger partial charge in [0.2, 0.25) is 0 Å². The minimum Gasteiger partial charge on any atom is -0.449 e. The Bertz CT molecular complexity index is 697. The third-order valence-corrected chi connectivity index (χ3v) is 3.60. The number of benzene rings is 1. The van der Waals surface area contributed by atoms with Crippen molar-refractivity contribution < 1.29 is 14.3 Å². The molecule has 0 unspecified atom stereocenters. The van der Waals surface area contributed by atoms with Crippen LogP contribution in [0.25, 0.3) is 10.9 Å². The van der Waals surface area contributed by atoms with E-state index in [1.807, 2.05) is 24.3 Å². The first-order chi connectivity index (χ1) is 10.8. The lowest BCUT2D eigenvalue weighted by Crippen LogP contribution is -2.42. The highest BCUT2D eigenvalue weighted by Gasteiger charge is 2.19. The van der Waals surface area contributed by atoms with Crippen molar-refractivity contribution in [2.75, 3.05) is 26.2 Å². The van der Waals surface area contributed by atoms with E-state index < -0.39 is 0 Å². The Hall–Kier alpha value is -2.63. The molecule has 1 saturated heterocycles. The van der Waals surface area contributed by atoms with Crippen LogP contribution < -0.4 is 5.32 Å². The van der Waals surface area contributed by atoms with Gasteiger partial charge in [0.15, 0.2) is 0 Å². The number of cyclic esters (lactones) is 1. The van der Waals surface area contributed by atoms with Crippen molar-refractivity contribution in [2.45, 2.75) is 6.42 Å². The normalized spacial score (nSPS) is 14.7. The molecule has 2 amide bonds. The van der Waals surface area contributed by atoms with Gasteiger partial charge in [-0.25, -0.2) is 4.79 Å². The number of pyridine rings is 1. The summed E-state index contributed by atoms with van der Waals surface area (Å²) in [5, 5.41) is 3.76. The molecule has 0 bridgehead atoms. The number of hydrogen-bond donors (Lipinski definition) is 1. The minimum absolute atomic E-state index is 0.185. The zero-order chi connectivity index (χ0) is 15.4. The summed E-state index contributed by atoms with van der Waals surface area (Å²) in [6.45, 7) is 1.98. The topological polar surface area (TPSA) is 71.5 Å². The number of hydrogen-bond acceptors (Lipinski definition) is 4. The molecule has 0 atom stereocenters. The molecule has 22 heavy (non-hydrogen) atoms. The molecule has 114 valence electrons. The smallest absolute Gasteiger partial charge is 0.409 e. The molecule has 1 aliphatic heterocycles. The molecule has 0 spiro atoms. The fourth-order valence-electron chi connectivity index (χ4n) is 2.49. The summed E-state index contributed by atoms with van der Waals surface area (Å²) >= 11 is 0. The maximum atomic E-state index is 12.3. The Labute approximate surface area is 128 Å². The molecule has 0 aliphatic carbocycles. The first kappa shape index (κ1) is 14.3. The minimum atomic E-state index is -0.313. The number of rotatable bonds is 4. The highest BCUT2D eigenvalue weighted by molar-refractivity contribution is 6.05. The van der Waals surface area contributed by atoms with Gasteiger partial charge < -0.3 is 15.0 Å². The summed E-state index contributed by atoms with van der Waals surface area (Å²) in [7, 11) is 0. The molecular weight excluding hydrogens is 282 g/mol. The molecular formula is C16H17N3O3. The average Bonchev–Trinajstić information content (AvgIpc) is 2.56. The highest BCUT2D eigenvalue weighted by atomic mass is 16.6. The standard InChI is InChI=1S/C16H17N3O3/c20-15(18-8-10-19-9-3-11-22-16(19)21)13-6-1-4-12-5-2-7-17-14(12)13/h1-2,4-7H,3,8-11H2,(H,18,20). The summed E-state index contributed by atoms with van der Waals surface area (Å²) < 4.78 is 4.95. The molecule has 2 heterocycles. The first-order valence-electron chi connectivity index (χ1n) is 7.29. The van der Waals surface area contributed by atoms with Gasteiger partial charge in [0.25, 0.3) is 5.91 Å². The molecule has 0 radical (unpaired) electrons. The Morgan fingerprint density at radius 1 is 1.32 bits per heavy atom. The van der Waals surface area contributed by atoms with Gasteiger partial charge in [-0.05, 0) is 18.6 Å². The predicted molar refractivity (Wildman–Crippen MR) is 81.6 cm³/mol. The van der Waals surface area contributed by atoms with E-state index in [0.29, 0.717) is 37.3 Å². The van der Waals surface area contributed by atoms with E-state index in [9.17, 15) is 9.59 Å². The van der Waals surface area contributed by atoms with E-state index in [0.717, 1.165) is 11.8 Å². The number of amides is 2. The van der Waals surface area contributed by atoms with Crippen LogP contribution in [0.5, 0.6) is 0 Å². The molecule has 1 aliphatic rings. The first-order valence-corrected chi connectivity index (χ1v) is 7.29. The monoisotopic (exact) mass is 299 g/mol. The molecule has 6 heteroatoms. The molecule has 1 fully saturated rings. The van der Waals surface area contributed by atoms with E-state index in [2.05, 4.69) is 10.3 Å². The van der Waals surface area contributed by atoms with Crippen molar-refractivity contribution in [1.29, 1.82) is 0 Å². The van der Waals surface area contributed by atoms with Crippen LogP contribution in [0.4, 0.5) is 4.79 Å². The van der Waals surface area contributed by atoms with Gasteiger partial charge in [0.05, 0.1) is 17.7 Å². The zero-order valence-electron chi connectivity index (χ0n) is 12.1. The number of para-hydroxylation sites is 1.